The Bertz CT molecular complexity index is 566. The molecule has 0 unspecified atom stereocenters. The lowest BCUT2D eigenvalue weighted by Gasteiger charge is -1.84. The standard InChI is InChI=1S/C8H6S2.2C4H4N2/c1-3-7(9-5-1)8-4-2-6-10-8;1-2-6-4-3-5-1;1-2-5-4-6-3-1/h1-6H;2*1-4H. The molecule has 6 heteroatoms. The highest BCUT2D eigenvalue weighted by Crippen LogP contribution is 2.28. The molecule has 4 rings (SSSR count). The van der Waals surface area contributed by atoms with E-state index in [1.165, 1.54) is 16.1 Å². The quantitative estimate of drug-likeness (QED) is 0.519. The van der Waals surface area contributed by atoms with Crippen LogP contribution < -0.4 is 0 Å². The molecule has 0 radical (unpaired) electrons. The van der Waals surface area contributed by atoms with Crippen LogP contribution in [0.2, 0.25) is 0 Å². The van der Waals surface area contributed by atoms with E-state index in [1.54, 1.807) is 65.9 Å². The van der Waals surface area contributed by atoms with E-state index in [9.17, 15) is 0 Å². The zero-order chi connectivity index (χ0) is 15.3. The number of hydrogen-bond donors (Lipinski definition) is 0. The molecule has 0 spiro atoms. The first-order valence-corrected chi connectivity index (χ1v) is 8.20. The van der Waals surface area contributed by atoms with Crippen LogP contribution in [0.25, 0.3) is 9.75 Å². The summed E-state index contributed by atoms with van der Waals surface area (Å²) in [6, 6.07) is 10.2. The van der Waals surface area contributed by atoms with Crippen LogP contribution in [0.15, 0.2) is 84.6 Å². The molecule has 0 atom stereocenters. The molecule has 22 heavy (non-hydrogen) atoms. The third-order valence-corrected chi connectivity index (χ3v) is 4.18. The predicted molar refractivity (Wildman–Crippen MR) is 91.7 cm³/mol. The molecular weight excluding hydrogens is 312 g/mol. The number of rotatable bonds is 1. The fourth-order valence-electron chi connectivity index (χ4n) is 1.34. The zero-order valence-corrected chi connectivity index (χ0v) is 13.3. The summed E-state index contributed by atoms with van der Waals surface area (Å²) in [5, 5.41) is 4.21. The molecule has 0 aliphatic heterocycles. The predicted octanol–water partition coefficient (Wildman–Crippen LogP) is 4.43. The van der Waals surface area contributed by atoms with Gasteiger partial charge in [-0.1, -0.05) is 12.1 Å². The zero-order valence-electron chi connectivity index (χ0n) is 11.7. The van der Waals surface area contributed by atoms with Crippen molar-refractivity contribution in [3.05, 3.63) is 84.6 Å². The lowest BCUT2D eigenvalue weighted by molar-refractivity contribution is 1.17. The third-order valence-electron chi connectivity index (χ3n) is 2.24. The monoisotopic (exact) mass is 326 g/mol. The average Bonchev–Trinajstić information content (AvgIpc) is 3.32. The van der Waals surface area contributed by atoms with Crippen molar-refractivity contribution >= 4 is 22.7 Å². The fourth-order valence-corrected chi connectivity index (χ4v) is 2.92. The maximum absolute atomic E-state index is 3.72. The molecule has 4 heterocycles. The molecule has 0 saturated heterocycles. The molecular formula is C16H14N4S2. The number of aromatic nitrogens is 4. The van der Waals surface area contributed by atoms with Crippen LogP contribution in [-0.4, -0.2) is 19.9 Å². The van der Waals surface area contributed by atoms with E-state index < -0.39 is 0 Å². The van der Waals surface area contributed by atoms with Gasteiger partial charge in [-0.3, -0.25) is 9.97 Å². The Labute approximate surface area is 137 Å². The van der Waals surface area contributed by atoms with Crippen LogP contribution in [0, 0.1) is 0 Å². The first-order chi connectivity index (χ1) is 11.0. The van der Waals surface area contributed by atoms with Gasteiger partial charge in [0.05, 0.1) is 0 Å². The van der Waals surface area contributed by atoms with Gasteiger partial charge in [0.25, 0.3) is 0 Å². The first kappa shape index (κ1) is 15.9. The van der Waals surface area contributed by atoms with Crippen molar-refractivity contribution in [2.24, 2.45) is 0 Å². The van der Waals surface area contributed by atoms with Crippen LogP contribution in [0.1, 0.15) is 0 Å². The van der Waals surface area contributed by atoms with Crippen LogP contribution in [0.5, 0.6) is 0 Å². The minimum absolute atomic E-state index is 1.37. The fraction of sp³-hybridized carbons (Fsp3) is 0. The van der Waals surface area contributed by atoms with Gasteiger partial charge in [0, 0.05) is 46.9 Å². The van der Waals surface area contributed by atoms with Gasteiger partial charge in [-0.05, 0) is 29.0 Å². The lowest BCUT2D eigenvalue weighted by Crippen LogP contribution is -1.66. The number of nitrogens with zero attached hydrogens (tertiary/aromatic N) is 4. The Morgan fingerprint density at radius 1 is 0.545 bits per heavy atom. The Kier molecular flexibility index (Phi) is 7.47. The van der Waals surface area contributed by atoms with E-state index >= 15 is 0 Å². The van der Waals surface area contributed by atoms with E-state index in [-0.39, 0.29) is 0 Å². The smallest absolute Gasteiger partial charge is 0.115 e. The second kappa shape index (κ2) is 10.3. The van der Waals surface area contributed by atoms with Crippen LogP contribution in [0.3, 0.4) is 0 Å². The normalized spacial score (nSPS) is 8.91. The van der Waals surface area contributed by atoms with E-state index in [0.717, 1.165) is 0 Å². The molecule has 0 aliphatic rings. The first-order valence-electron chi connectivity index (χ1n) is 6.44. The van der Waals surface area contributed by atoms with Gasteiger partial charge in [0.1, 0.15) is 6.33 Å². The Morgan fingerprint density at radius 3 is 1.27 bits per heavy atom. The van der Waals surface area contributed by atoms with Crippen molar-refractivity contribution in [3.8, 4) is 9.75 Å². The topological polar surface area (TPSA) is 51.6 Å². The Hall–Kier alpha value is -2.44. The van der Waals surface area contributed by atoms with Gasteiger partial charge in [-0.25, -0.2) is 9.97 Å². The van der Waals surface area contributed by atoms with Crippen molar-refractivity contribution in [2.45, 2.75) is 0 Å². The molecule has 110 valence electrons. The van der Waals surface area contributed by atoms with Crippen LogP contribution in [-0.2, 0) is 0 Å². The minimum atomic E-state index is 1.37. The summed E-state index contributed by atoms with van der Waals surface area (Å²) >= 11 is 3.58. The second-order valence-corrected chi connectivity index (χ2v) is 5.65. The van der Waals surface area contributed by atoms with E-state index in [2.05, 4.69) is 55.0 Å². The summed E-state index contributed by atoms with van der Waals surface area (Å²) in [5.41, 5.74) is 0. The van der Waals surface area contributed by atoms with Crippen molar-refractivity contribution in [1.29, 1.82) is 0 Å². The van der Waals surface area contributed by atoms with Crippen molar-refractivity contribution < 1.29 is 0 Å². The summed E-state index contributed by atoms with van der Waals surface area (Å²) in [7, 11) is 0. The molecule has 0 amide bonds. The highest BCUT2D eigenvalue weighted by molar-refractivity contribution is 7.20. The molecule has 0 fully saturated rings. The summed E-state index contributed by atoms with van der Waals surface area (Å²) in [6.07, 6.45) is 11.4. The summed E-state index contributed by atoms with van der Waals surface area (Å²) in [6.45, 7) is 0. The van der Waals surface area contributed by atoms with Crippen molar-refractivity contribution in [1.82, 2.24) is 19.9 Å². The van der Waals surface area contributed by atoms with Gasteiger partial charge < -0.3 is 0 Å². The van der Waals surface area contributed by atoms with Gasteiger partial charge in [-0.2, -0.15) is 0 Å². The SMILES string of the molecule is c1cnccn1.c1cncnc1.c1csc(-c2cccs2)c1. The summed E-state index contributed by atoms with van der Waals surface area (Å²) in [5.74, 6) is 0. The molecule has 4 aromatic rings. The van der Waals surface area contributed by atoms with E-state index in [0.29, 0.717) is 0 Å². The molecule has 4 aromatic heterocycles. The molecule has 0 N–H and O–H groups in total. The molecule has 0 bridgehead atoms. The molecule has 0 aromatic carbocycles. The Morgan fingerprint density at radius 2 is 1.05 bits per heavy atom. The van der Waals surface area contributed by atoms with Crippen molar-refractivity contribution in [2.75, 3.05) is 0 Å². The highest BCUT2D eigenvalue weighted by Gasteiger charge is 1.96. The van der Waals surface area contributed by atoms with Gasteiger partial charge in [-0.15, -0.1) is 22.7 Å². The molecule has 0 saturated carbocycles. The average molecular weight is 326 g/mol. The van der Waals surface area contributed by atoms with E-state index in [1.807, 2.05) is 0 Å². The lowest BCUT2D eigenvalue weighted by atomic mass is 10.4. The van der Waals surface area contributed by atoms with Crippen LogP contribution in [0.4, 0.5) is 0 Å². The van der Waals surface area contributed by atoms with Gasteiger partial charge in [0.15, 0.2) is 0 Å². The van der Waals surface area contributed by atoms with E-state index in [4.69, 9.17) is 0 Å². The maximum Gasteiger partial charge on any atom is 0.115 e. The number of hydrogen-bond acceptors (Lipinski definition) is 6. The second-order valence-electron chi connectivity index (χ2n) is 3.75. The summed E-state index contributed by atoms with van der Waals surface area (Å²) < 4.78 is 0. The number of thiophene rings is 2. The molecule has 4 nitrogen and oxygen atoms in total. The van der Waals surface area contributed by atoms with Crippen molar-refractivity contribution in [3.63, 3.8) is 0 Å². The third kappa shape index (κ3) is 6.34. The Balaban J connectivity index is 0.000000128. The van der Waals surface area contributed by atoms with Crippen LogP contribution >= 0.6 is 22.7 Å². The largest absolute Gasteiger partial charge is 0.262 e. The maximum atomic E-state index is 3.72. The van der Waals surface area contributed by atoms with Gasteiger partial charge in [0.2, 0.25) is 0 Å². The molecule has 0 aliphatic carbocycles. The summed E-state index contributed by atoms with van der Waals surface area (Å²) in [4.78, 5) is 17.5. The van der Waals surface area contributed by atoms with Gasteiger partial charge >= 0.3 is 0 Å². The minimum Gasteiger partial charge on any atom is -0.262 e. The highest BCUT2D eigenvalue weighted by atomic mass is 32.1.